The van der Waals surface area contributed by atoms with E-state index < -0.39 is 23.5 Å². The standard InChI is InChI=1S/C12H11BrN2O3/c1-6(11(14)17)5-15-8-4-2-3-7(13)9(8)10(16)12(15)18/h2-4,6H,5H2,1H3,(H2,14,17). The number of amides is 2. The van der Waals surface area contributed by atoms with Gasteiger partial charge in [-0.25, -0.2) is 0 Å². The number of carbonyl (C=O) groups excluding carboxylic acids is 3. The van der Waals surface area contributed by atoms with Crippen LogP contribution < -0.4 is 10.6 Å². The first-order valence-electron chi connectivity index (χ1n) is 5.37. The summed E-state index contributed by atoms with van der Waals surface area (Å²) in [6.07, 6.45) is 0. The molecule has 0 saturated carbocycles. The van der Waals surface area contributed by atoms with Crippen LogP contribution in [0.5, 0.6) is 0 Å². The van der Waals surface area contributed by atoms with Crippen molar-refractivity contribution in [3.05, 3.63) is 28.2 Å². The van der Waals surface area contributed by atoms with Gasteiger partial charge in [0, 0.05) is 11.0 Å². The summed E-state index contributed by atoms with van der Waals surface area (Å²) in [4.78, 5) is 36.1. The van der Waals surface area contributed by atoms with Crippen molar-refractivity contribution in [3.63, 3.8) is 0 Å². The molecule has 1 unspecified atom stereocenters. The Morgan fingerprint density at radius 1 is 1.44 bits per heavy atom. The number of Topliss-reactive ketones (excluding diaryl/α,β-unsaturated/α-hetero) is 1. The molecule has 1 aromatic rings. The minimum atomic E-state index is -0.620. The van der Waals surface area contributed by atoms with Gasteiger partial charge in [-0.1, -0.05) is 13.0 Å². The molecular weight excluding hydrogens is 300 g/mol. The summed E-state index contributed by atoms with van der Waals surface area (Å²) in [6.45, 7) is 1.74. The van der Waals surface area contributed by atoms with E-state index in [4.69, 9.17) is 5.73 Å². The zero-order valence-corrected chi connectivity index (χ0v) is 11.2. The zero-order valence-electron chi connectivity index (χ0n) is 9.64. The second kappa shape index (κ2) is 4.53. The molecule has 0 saturated heterocycles. The maximum absolute atomic E-state index is 11.9. The first-order valence-corrected chi connectivity index (χ1v) is 6.16. The van der Waals surface area contributed by atoms with E-state index in [1.165, 1.54) is 4.90 Å². The number of hydrogen-bond donors (Lipinski definition) is 1. The van der Waals surface area contributed by atoms with Gasteiger partial charge < -0.3 is 10.6 Å². The lowest BCUT2D eigenvalue weighted by atomic mass is 10.1. The van der Waals surface area contributed by atoms with Crippen molar-refractivity contribution < 1.29 is 14.4 Å². The molecule has 1 atom stereocenters. The van der Waals surface area contributed by atoms with Crippen molar-refractivity contribution in [2.75, 3.05) is 11.4 Å². The fourth-order valence-electron chi connectivity index (χ4n) is 1.85. The number of halogens is 1. The van der Waals surface area contributed by atoms with Gasteiger partial charge in [0.15, 0.2) is 0 Å². The van der Waals surface area contributed by atoms with E-state index in [-0.39, 0.29) is 6.54 Å². The third-order valence-electron chi connectivity index (χ3n) is 2.89. The van der Waals surface area contributed by atoms with E-state index in [2.05, 4.69) is 15.9 Å². The van der Waals surface area contributed by atoms with Crippen LogP contribution in [-0.2, 0) is 9.59 Å². The Kier molecular flexibility index (Phi) is 3.21. The molecule has 2 amide bonds. The zero-order chi connectivity index (χ0) is 13.4. The van der Waals surface area contributed by atoms with Crippen molar-refractivity contribution in [2.45, 2.75) is 6.92 Å². The van der Waals surface area contributed by atoms with E-state index in [1.54, 1.807) is 25.1 Å². The molecule has 5 nitrogen and oxygen atoms in total. The minimum absolute atomic E-state index is 0.114. The van der Waals surface area contributed by atoms with Crippen LogP contribution in [0, 0.1) is 5.92 Å². The fraction of sp³-hybridized carbons (Fsp3) is 0.250. The van der Waals surface area contributed by atoms with Crippen molar-refractivity contribution in [3.8, 4) is 0 Å². The largest absolute Gasteiger partial charge is 0.369 e. The van der Waals surface area contributed by atoms with Crippen LogP contribution in [0.3, 0.4) is 0 Å². The Hall–Kier alpha value is -1.69. The molecule has 1 aromatic carbocycles. The van der Waals surface area contributed by atoms with E-state index in [1.807, 2.05) is 0 Å². The third-order valence-corrected chi connectivity index (χ3v) is 3.55. The van der Waals surface area contributed by atoms with Gasteiger partial charge in [-0.2, -0.15) is 0 Å². The van der Waals surface area contributed by atoms with Crippen LogP contribution in [0.1, 0.15) is 17.3 Å². The van der Waals surface area contributed by atoms with E-state index in [0.717, 1.165) is 0 Å². The SMILES string of the molecule is CC(CN1C(=O)C(=O)c2c(Br)cccc21)C(N)=O. The normalized spacial score (nSPS) is 15.8. The van der Waals surface area contributed by atoms with Crippen LogP contribution in [0.2, 0.25) is 0 Å². The monoisotopic (exact) mass is 310 g/mol. The summed E-state index contributed by atoms with van der Waals surface area (Å²) in [7, 11) is 0. The summed E-state index contributed by atoms with van der Waals surface area (Å²) in [5.41, 5.74) is 6.04. The summed E-state index contributed by atoms with van der Waals surface area (Å²) in [5, 5.41) is 0. The molecule has 2 N–H and O–H groups in total. The van der Waals surface area contributed by atoms with Gasteiger partial charge >= 0.3 is 0 Å². The van der Waals surface area contributed by atoms with Gasteiger partial charge in [-0.3, -0.25) is 14.4 Å². The summed E-state index contributed by atoms with van der Waals surface area (Å²) >= 11 is 3.25. The molecule has 0 radical (unpaired) electrons. The molecule has 1 aliphatic rings. The second-order valence-corrected chi connectivity index (χ2v) is 5.04. The van der Waals surface area contributed by atoms with Crippen molar-refractivity contribution >= 4 is 39.2 Å². The molecular formula is C12H11BrN2O3. The highest BCUT2D eigenvalue weighted by atomic mass is 79.9. The van der Waals surface area contributed by atoms with Gasteiger partial charge in [0.2, 0.25) is 5.91 Å². The number of anilines is 1. The van der Waals surface area contributed by atoms with Crippen LogP contribution >= 0.6 is 15.9 Å². The molecule has 18 heavy (non-hydrogen) atoms. The van der Waals surface area contributed by atoms with Crippen molar-refractivity contribution in [1.82, 2.24) is 0 Å². The first kappa shape index (κ1) is 12.8. The number of carbonyl (C=O) groups is 3. The molecule has 94 valence electrons. The topological polar surface area (TPSA) is 80.5 Å². The van der Waals surface area contributed by atoms with E-state index >= 15 is 0 Å². The Morgan fingerprint density at radius 3 is 2.72 bits per heavy atom. The summed E-state index contributed by atoms with van der Waals surface area (Å²) in [6, 6.07) is 5.11. The van der Waals surface area contributed by atoms with Crippen LogP contribution in [0.25, 0.3) is 0 Å². The van der Waals surface area contributed by atoms with Crippen LogP contribution in [-0.4, -0.2) is 24.1 Å². The van der Waals surface area contributed by atoms with Crippen LogP contribution in [0.15, 0.2) is 22.7 Å². The quantitative estimate of drug-likeness (QED) is 0.849. The number of benzene rings is 1. The number of primary amides is 1. The highest BCUT2D eigenvalue weighted by Gasteiger charge is 2.38. The average molecular weight is 311 g/mol. The smallest absolute Gasteiger partial charge is 0.299 e. The number of ketones is 1. The van der Waals surface area contributed by atoms with Gasteiger partial charge in [0.1, 0.15) is 0 Å². The second-order valence-electron chi connectivity index (χ2n) is 4.18. The highest BCUT2D eigenvalue weighted by Crippen LogP contribution is 2.34. The number of fused-ring (bicyclic) bond motifs is 1. The molecule has 0 fully saturated rings. The molecule has 2 rings (SSSR count). The lowest BCUT2D eigenvalue weighted by molar-refractivity contribution is -0.121. The van der Waals surface area contributed by atoms with Gasteiger partial charge in [-0.15, -0.1) is 0 Å². The molecule has 1 heterocycles. The summed E-state index contributed by atoms with van der Waals surface area (Å²) < 4.78 is 0.576. The lowest BCUT2D eigenvalue weighted by Gasteiger charge is -2.19. The van der Waals surface area contributed by atoms with Crippen LogP contribution in [0.4, 0.5) is 5.69 Å². The molecule has 0 aliphatic carbocycles. The fourth-order valence-corrected chi connectivity index (χ4v) is 2.38. The third kappa shape index (κ3) is 1.92. The molecule has 0 aromatic heterocycles. The maximum atomic E-state index is 11.9. The number of nitrogens with zero attached hydrogens (tertiary/aromatic N) is 1. The number of hydrogen-bond acceptors (Lipinski definition) is 3. The van der Waals surface area contributed by atoms with Gasteiger partial charge in [-0.05, 0) is 28.1 Å². The highest BCUT2D eigenvalue weighted by molar-refractivity contribution is 9.10. The Morgan fingerprint density at radius 2 is 2.11 bits per heavy atom. The summed E-state index contributed by atoms with van der Waals surface area (Å²) in [5.74, 6) is -2.19. The number of nitrogens with two attached hydrogens (primary N) is 1. The Balaban J connectivity index is 2.41. The van der Waals surface area contributed by atoms with Gasteiger partial charge in [0.05, 0.1) is 17.2 Å². The Labute approximate surface area is 112 Å². The maximum Gasteiger partial charge on any atom is 0.299 e. The number of rotatable bonds is 3. The lowest BCUT2D eigenvalue weighted by Crippen LogP contribution is -2.38. The molecule has 1 aliphatic heterocycles. The van der Waals surface area contributed by atoms with Crippen molar-refractivity contribution in [1.29, 1.82) is 0 Å². The van der Waals surface area contributed by atoms with Crippen molar-refractivity contribution in [2.24, 2.45) is 11.7 Å². The predicted octanol–water partition coefficient (Wildman–Crippen LogP) is 1.10. The van der Waals surface area contributed by atoms with E-state index in [9.17, 15) is 14.4 Å². The minimum Gasteiger partial charge on any atom is -0.369 e. The molecule has 0 spiro atoms. The predicted molar refractivity (Wildman–Crippen MR) is 69.2 cm³/mol. The Bertz CT molecular complexity index is 556. The average Bonchev–Trinajstić information content (AvgIpc) is 2.55. The van der Waals surface area contributed by atoms with E-state index in [0.29, 0.717) is 15.7 Å². The molecule has 6 heteroatoms. The first-order chi connectivity index (χ1) is 8.43. The van der Waals surface area contributed by atoms with Gasteiger partial charge in [0.25, 0.3) is 11.7 Å². The molecule has 0 bridgehead atoms.